The number of alkyl halides is 3. The number of rotatable bonds is 6. The van der Waals surface area contributed by atoms with Crippen LogP contribution in [-0.4, -0.2) is 87.0 Å². The second-order valence-electron chi connectivity index (χ2n) is 6.16. The van der Waals surface area contributed by atoms with E-state index in [0.717, 1.165) is 16.2 Å². The molecule has 1 fully saturated rings. The standard InChI is InChI=1S/C14H15N5O7S2.C2HF3O2/c1-24-14(10(21)19-7(26-13(22)23)3-4-27-11(14)19)17-9(20)8(18-25-2)6-5-28-12(15)16-6;3-2(4,5)1(6)7/h3,5,11H,4H2,1-2H3,(H2,15,16)(H,17,20)(H,22,23);(H,6,7)/t11-,14-;/m0./s1. The Balaban J connectivity index is 0.000000540. The number of carbonyl (C=O) groups excluding carboxylic acids is 2. The number of hydrogen-bond acceptors (Lipinski definition) is 12. The monoisotopic (exact) mass is 543 g/mol. The first-order valence-electron chi connectivity index (χ1n) is 8.85. The number of carbonyl (C=O) groups is 4. The molecule has 0 bridgehead atoms. The fourth-order valence-corrected chi connectivity index (χ4v) is 4.49. The number of carboxylic acids is 1. The summed E-state index contributed by atoms with van der Waals surface area (Å²) in [6.07, 6.45) is -5.19. The number of hydrogen-bond donors (Lipinski definition) is 4. The molecule has 14 nitrogen and oxygen atoms in total. The topological polar surface area (TPSA) is 203 Å². The summed E-state index contributed by atoms with van der Waals surface area (Å²) in [5.41, 5.74) is 3.83. The van der Waals surface area contributed by atoms with Gasteiger partial charge in [0, 0.05) is 18.2 Å². The first-order chi connectivity index (χ1) is 16.3. The van der Waals surface area contributed by atoms with Gasteiger partial charge in [-0.15, -0.1) is 23.1 Å². The summed E-state index contributed by atoms with van der Waals surface area (Å²) in [6, 6.07) is 0. The number of thiazole rings is 1. The molecule has 0 aromatic carbocycles. The van der Waals surface area contributed by atoms with E-state index in [1.165, 1.54) is 37.4 Å². The highest BCUT2D eigenvalue weighted by Gasteiger charge is 2.66. The van der Waals surface area contributed by atoms with E-state index in [-0.39, 0.29) is 22.4 Å². The maximum Gasteiger partial charge on any atom is 0.512 e. The number of nitrogens with two attached hydrogens (primary N) is 1. The van der Waals surface area contributed by atoms with Crippen LogP contribution in [0.25, 0.3) is 0 Å². The lowest BCUT2D eigenvalue weighted by Crippen LogP contribution is -2.80. The van der Waals surface area contributed by atoms with Crippen LogP contribution in [-0.2, 0) is 28.7 Å². The smallest absolute Gasteiger partial charge is 0.475 e. The molecule has 2 atom stereocenters. The number of nitrogen functional groups attached to an aromatic ring is 1. The Morgan fingerprint density at radius 1 is 1.34 bits per heavy atom. The van der Waals surface area contributed by atoms with Crippen molar-refractivity contribution in [2.24, 2.45) is 5.16 Å². The Kier molecular flexibility index (Phi) is 8.52. The van der Waals surface area contributed by atoms with Gasteiger partial charge in [-0.25, -0.2) is 14.6 Å². The minimum absolute atomic E-state index is 0.138. The fourth-order valence-electron chi connectivity index (χ4n) is 2.68. The summed E-state index contributed by atoms with van der Waals surface area (Å²) in [4.78, 5) is 55.0. The number of β-lactam (4-membered cyclic amide) rings is 1. The zero-order valence-electron chi connectivity index (χ0n) is 17.6. The van der Waals surface area contributed by atoms with Crippen LogP contribution >= 0.6 is 23.1 Å². The van der Waals surface area contributed by atoms with Crippen LogP contribution in [0.1, 0.15) is 5.69 Å². The molecule has 0 saturated carbocycles. The first-order valence-corrected chi connectivity index (χ1v) is 10.8. The highest BCUT2D eigenvalue weighted by Crippen LogP contribution is 2.44. The number of carboxylic acid groups (broad SMARTS) is 2. The highest BCUT2D eigenvalue weighted by atomic mass is 32.2. The van der Waals surface area contributed by atoms with Gasteiger partial charge in [0.1, 0.15) is 18.2 Å². The Labute approximate surface area is 201 Å². The predicted octanol–water partition coefficient (Wildman–Crippen LogP) is 0.619. The minimum Gasteiger partial charge on any atom is -0.475 e. The highest BCUT2D eigenvalue weighted by molar-refractivity contribution is 8.00. The third-order valence-electron chi connectivity index (χ3n) is 4.09. The van der Waals surface area contributed by atoms with Crippen molar-refractivity contribution in [3.8, 4) is 0 Å². The molecule has 2 amide bonds. The quantitative estimate of drug-likeness (QED) is 0.128. The van der Waals surface area contributed by atoms with E-state index in [4.69, 9.17) is 30.3 Å². The van der Waals surface area contributed by atoms with Gasteiger partial charge in [0.2, 0.25) is 5.88 Å². The zero-order chi connectivity index (χ0) is 26.6. The molecule has 2 aliphatic heterocycles. The number of aromatic nitrogens is 1. The van der Waals surface area contributed by atoms with Crippen LogP contribution in [0.3, 0.4) is 0 Å². The molecule has 3 rings (SSSR count). The summed E-state index contributed by atoms with van der Waals surface area (Å²) in [5, 5.41) is 23.1. The molecule has 35 heavy (non-hydrogen) atoms. The Morgan fingerprint density at radius 3 is 2.43 bits per heavy atom. The number of oxime groups is 1. The lowest BCUT2D eigenvalue weighted by atomic mass is 10.0. The maximum absolute atomic E-state index is 12.8. The lowest BCUT2D eigenvalue weighted by molar-refractivity contribution is -0.194. The van der Waals surface area contributed by atoms with Crippen molar-refractivity contribution in [1.29, 1.82) is 0 Å². The number of ether oxygens (including phenoxy) is 2. The number of nitrogens with zero attached hydrogens (tertiary/aromatic N) is 3. The fraction of sp³-hybridized carbons (Fsp3) is 0.375. The van der Waals surface area contributed by atoms with Crippen molar-refractivity contribution < 1.29 is 56.9 Å². The average molecular weight is 543 g/mol. The summed E-state index contributed by atoms with van der Waals surface area (Å²) >= 11 is 2.36. The molecule has 1 aromatic heterocycles. The lowest BCUT2D eigenvalue weighted by Gasteiger charge is -2.54. The van der Waals surface area contributed by atoms with Gasteiger partial charge in [-0.05, 0) is 6.08 Å². The molecule has 5 N–H and O–H groups in total. The number of aliphatic carboxylic acids is 1. The van der Waals surface area contributed by atoms with Crippen molar-refractivity contribution >= 4 is 57.9 Å². The van der Waals surface area contributed by atoms with Crippen LogP contribution in [0, 0.1) is 0 Å². The second kappa shape index (κ2) is 10.8. The average Bonchev–Trinajstić information content (AvgIpc) is 3.20. The molecule has 192 valence electrons. The van der Waals surface area contributed by atoms with E-state index in [1.807, 2.05) is 0 Å². The Hall–Kier alpha value is -3.58. The van der Waals surface area contributed by atoms with Crippen molar-refractivity contribution in [1.82, 2.24) is 15.2 Å². The molecule has 3 heterocycles. The summed E-state index contributed by atoms with van der Waals surface area (Å²) < 4.78 is 41.7. The van der Waals surface area contributed by atoms with Gasteiger partial charge < -0.3 is 35.6 Å². The second-order valence-corrected chi connectivity index (χ2v) is 8.16. The number of methoxy groups -OCH3 is 1. The van der Waals surface area contributed by atoms with E-state index in [2.05, 4.69) is 20.2 Å². The Bertz CT molecular complexity index is 1080. The van der Waals surface area contributed by atoms with Gasteiger partial charge >= 0.3 is 18.3 Å². The van der Waals surface area contributed by atoms with E-state index in [0.29, 0.717) is 5.75 Å². The van der Waals surface area contributed by atoms with Crippen molar-refractivity contribution in [3.05, 3.63) is 23.0 Å². The Morgan fingerprint density at radius 2 is 1.97 bits per heavy atom. The van der Waals surface area contributed by atoms with Gasteiger partial charge in [0.15, 0.2) is 10.8 Å². The van der Waals surface area contributed by atoms with Gasteiger partial charge in [-0.1, -0.05) is 5.16 Å². The molecular weight excluding hydrogens is 527 g/mol. The van der Waals surface area contributed by atoms with E-state index in [1.54, 1.807) is 0 Å². The van der Waals surface area contributed by atoms with E-state index >= 15 is 0 Å². The van der Waals surface area contributed by atoms with Crippen LogP contribution < -0.4 is 11.1 Å². The number of fused-ring (bicyclic) bond motifs is 1. The SMILES string of the molecule is CON=C(C(=O)N[C@]1(OC)C(=O)N2C(OC(=O)O)=CCS[C@H]21)c1csc(N)n1.O=C(O)C(F)(F)F. The number of amides is 2. The van der Waals surface area contributed by atoms with Crippen molar-refractivity contribution in [2.75, 3.05) is 25.7 Å². The van der Waals surface area contributed by atoms with Crippen molar-refractivity contribution in [2.45, 2.75) is 17.3 Å². The van der Waals surface area contributed by atoms with Gasteiger partial charge in [0.05, 0.1) is 0 Å². The molecule has 0 spiro atoms. The molecular formula is C16H16F3N5O9S2. The molecule has 0 aliphatic carbocycles. The summed E-state index contributed by atoms with van der Waals surface area (Å²) in [5.74, 6) is -4.02. The number of halogens is 3. The molecule has 0 unspecified atom stereocenters. The van der Waals surface area contributed by atoms with Gasteiger partial charge in [-0.3, -0.25) is 14.5 Å². The van der Waals surface area contributed by atoms with Gasteiger partial charge in [-0.2, -0.15) is 13.2 Å². The minimum atomic E-state index is -5.08. The third kappa shape index (κ3) is 5.92. The zero-order valence-corrected chi connectivity index (χ0v) is 19.2. The normalized spacial score (nSPS) is 21.5. The molecule has 19 heteroatoms. The van der Waals surface area contributed by atoms with Crippen LogP contribution in [0.4, 0.5) is 23.1 Å². The van der Waals surface area contributed by atoms with Crippen LogP contribution in [0.2, 0.25) is 0 Å². The van der Waals surface area contributed by atoms with E-state index < -0.39 is 41.2 Å². The maximum atomic E-state index is 12.8. The summed E-state index contributed by atoms with van der Waals surface area (Å²) in [7, 11) is 2.50. The summed E-state index contributed by atoms with van der Waals surface area (Å²) in [6.45, 7) is 0. The first kappa shape index (κ1) is 27.7. The molecule has 0 radical (unpaired) electrons. The molecule has 2 aliphatic rings. The third-order valence-corrected chi connectivity index (χ3v) is 5.98. The van der Waals surface area contributed by atoms with Gasteiger partial charge in [0.25, 0.3) is 17.5 Å². The van der Waals surface area contributed by atoms with Crippen molar-refractivity contribution in [3.63, 3.8) is 0 Å². The molecule has 1 aromatic rings. The van der Waals surface area contributed by atoms with E-state index in [9.17, 15) is 27.6 Å². The predicted molar refractivity (Wildman–Crippen MR) is 112 cm³/mol. The van der Waals surface area contributed by atoms with Crippen LogP contribution in [0.5, 0.6) is 0 Å². The van der Waals surface area contributed by atoms with Crippen LogP contribution in [0.15, 0.2) is 22.5 Å². The molecule has 1 saturated heterocycles. The largest absolute Gasteiger partial charge is 0.512 e. The number of thioether (sulfide) groups is 1. The number of anilines is 1. The number of nitrogens with one attached hydrogen (secondary N) is 1.